The van der Waals surface area contributed by atoms with Crippen molar-refractivity contribution in [2.24, 2.45) is 11.8 Å². The molecule has 0 aliphatic heterocycles. The third-order valence-corrected chi connectivity index (χ3v) is 2.72. The van der Waals surface area contributed by atoms with Crippen LogP contribution in [0.5, 0.6) is 0 Å². The molecule has 0 saturated heterocycles. The van der Waals surface area contributed by atoms with Gasteiger partial charge in [0.25, 0.3) is 0 Å². The van der Waals surface area contributed by atoms with Crippen LogP contribution in [0.2, 0.25) is 0 Å². The first kappa shape index (κ1) is 10.3. The average molecular weight is 190 g/mol. The van der Waals surface area contributed by atoms with Gasteiger partial charge in [0.05, 0.1) is 5.75 Å². The molecule has 1 rings (SSSR count). The van der Waals surface area contributed by atoms with E-state index in [0.717, 1.165) is 12.2 Å². The first-order valence-electron chi connectivity index (χ1n) is 4.55. The number of hydrogen-bond acceptors (Lipinski definition) is 1. The van der Waals surface area contributed by atoms with E-state index in [9.17, 15) is 0 Å². The van der Waals surface area contributed by atoms with Gasteiger partial charge in [0.15, 0.2) is 0 Å². The Balaban J connectivity index is 2.38. The summed E-state index contributed by atoms with van der Waals surface area (Å²) in [4.78, 5) is 0. The zero-order chi connectivity index (χ0) is 9.52. The molecular weight excluding hydrogens is 176 g/mol. The summed E-state index contributed by atoms with van der Waals surface area (Å²) in [5.74, 6) is 8.43. The Morgan fingerprint density at radius 3 is 2.92 bits per heavy atom. The lowest BCUT2D eigenvalue weighted by Gasteiger charge is -2.19. The lowest BCUT2D eigenvalue weighted by molar-refractivity contribution is 0.433. The highest BCUT2D eigenvalue weighted by Crippen LogP contribution is 2.23. The van der Waals surface area contributed by atoms with Gasteiger partial charge in [0, 0.05) is 5.92 Å². The molecule has 13 heavy (non-hydrogen) atoms. The highest BCUT2D eigenvalue weighted by atomic mass is 32.2. The maximum Gasteiger partial charge on any atom is 0.0671 e. The summed E-state index contributed by atoms with van der Waals surface area (Å²) >= 11 is 1.43. The van der Waals surface area contributed by atoms with Crippen molar-refractivity contribution >= 4 is 11.8 Å². The van der Waals surface area contributed by atoms with Crippen LogP contribution < -0.4 is 0 Å². The van der Waals surface area contributed by atoms with Crippen LogP contribution in [0.1, 0.15) is 19.8 Å². The average Bonchev–Trinajstić information content (AvgIpc) is 2.15. The highest BCUT2D eigenvalue weighted by molar-refractivity contribution is 8.04. The van der Waals surface area contributed by atoms with Gasteiger partial charge in [-0.2, -0.15) is 0 Å². The minimum Gasteiger partial charge on any atom is -0.108 e. The molecule has 1 aliphatic carbocycles. The van der Waals surface area contributed by atoms with Crippen molar-refractivity contribution in [2.75, 3.05) is 5.75 Å². The van der Waals surface area contributed by atoms with Gasteiger partial charge in [0.1, 0.15) is 0 Å². The zero-order valence-corrected chi connectivity index (χ0v) is 8.73. The van der Waals surface area contributed by atoms with Gasteiger partial charge in [-0.15, -0.1) is 6.42 Å². The number of terminal acetylenes is 1. The predicted octanol–water partition coefficient (Wildman–Crippen LogP) is 2.92. The molecule has 0 aromatic rings. The first-order chi connectivity index (χ1) is 6.34. The molecule has 0 N–H and O–H groups in total. The zero-order valence-electron chi connectivity index (χ0n) is 7.92. The second-order valence-electron chi connectivity index (χ2n) is 3.25. The molecule has 0 nitrogen and oxygen atoms in total. The first-order valence-corrected chi connectivity index (χ1v) is 5.54. The molecule has 0 bridgehead atoms. The highest BCUT2D eigenvalue weighted by Gasteiger charge is 2.14. The van der Waals surface area contributed by atoms with E-state index >= 15 is 0 Å². The van der Waals surface area contributed by atoms with Crippen LogP contribution >= 0.6 is 11.8 Å². The topological polar surface area (TPSA) is 0 Å². The smallest absolute Gasteiger partial charge is 0.0671 e. The fourth-order valence-electron chi connectivity index (χ4n) is 1.40. The Hall–Kier alpha value is -0.790. The van der Waals surface area contributed by atoms with Crippen molar-refractivity contribution in [2.45, 2.75) is 19.8 Å². The maximum atomic E-state index is 5.11. The molecule has 0 saturated carbocycles. The van der Waals surface area contributed by atoms with E-state index < -0.39 is 0 Å². The van der Waals surface area contributed by atoms with Crippen LogP contribution in [0.3, 0.4) is 0 Å². The Labute approximate surface area is 85.2 Å². The van der Waals surface area contributed by atoms with Gasteiger partial charge >= 0.3 is 0 Å². The van der Waals surface area contributed by atoms with Crippen LogP contribution in [-0.2, 0) is 0 Å². The summed E-state index contributed by atoms with van der Waals surface area (Å²) in [6.45, 7) is 2.26. The number of hydrogen-bond donors (Lipinski definition) is 0. The van der Waals surface area contributed by atoms with Gasteiger partial charge in [-0.05, 0) is 24.0 Å². The van der Waals surface area contributed by atoms with Crippen LogP contribution in [0, 0.1) is 35.4 Å². The quantitative estimate of drug-likeness (QED) is 0.348. The molecule has 0 heterocycles. The van der Waals surface area contributed by atoms with Crippen molar-refractivity contribution < 1.29 is 0 Å². The Bertz CT molecular complexity index is 272. The van der Waals surface area contributed by atoms with Crippen LogP contribution in [0.4, 0.5) is 0 Å². The van der Waals surface area contributed by atoms with E-state index in [-0.39, 0.29) is 0 Å². The molecule has 2 atom stereocenters. The third kappa shape index (κ3) is 3.62. The SMILES string of the molecule is C#CSCC#CC1CC=CCC1C. The van der Waals surface area contributed by atoms with Crippen molar-refractivity contribution in [3.8, 4) is 23.5 Å². The second-order valence-corrected chi connectivity index (χ2v) is 4.07. The summed E-state index contributed by atoms with van der Waals surface area (Å²) in [7, 11) is 0. The van der Waals surface area contributed by atoms with E-state index in [4.69, 9.17) is 6.42 Å². The fraction of sp³-hybridized carbons (Fsp3) is 0.500. The molecule has 68 valence electrons. The van der Waals surface area contributed by atoms with Gasteiger partial charge < -0.3 is 0 Å². The largest absolute Gasteiger partial charge is 0.108 e. The van der Waals surface area contributed by atoms with Gasteiger partial charge in [0.2, 0.25) is 0 Å². The number of allylic oxidation sites excluding steroid dienone is 2. The Morgan fingerprint density at radius 1 is 1.46 bits per heavy atom. The minimum atomic E-state index is 0.545. The fourth-order valence-corrected chi connectivity index (χ4v) is 1.64. The molecule has 0 aromatic carbocycles. The number of thioether (sulfide) groups is 1. The Morgan fingerprint density at radius 2 is 2.23 bits per heavy atom. The lowest BCUT2D eigenvalue weighted by atomic mass is 9.85. The van der Waals surface area contributed by atoms with E-state index in [1.54, 1.807) is 0 Å². The maximum absolute atomic E-state index is 5.11. The van der Waals surface area contributed by atoms with E-state index in [0.29, 0.717) is 11.8 Å². The summed E-state index contributed by atoms with van der Waals surface area (Å²) in [5.41, 5.74) is 0. The molecule has 1 aliphatic rings. The standard InChI is InChI=1S/C12H14S/c1-3-13-10-6-9-12-8-5-4-7-11(12)2/h1,4-5,11-12H,7-8,10H2,2H3. The monoisotopic (exact) mass is 190 g/mol. The molecule has 0 fully saturated rings. The van der Waals surface area contributed by atoms with Gasteiger partial charge in [-0.25, -0.2) is 0 Å². The lowest BCUT2D eigenvalue weighted by Crippen LogP contribution is -2.11. The summed E-state index contributed by atoms with van der Waals surface area (Å²) in [5, 5.41) is 2.52. The normalized spacial score (nSPS) is 25.8. The molecule has 0 radical (unpaired) electrons. The van der Waals surface area contributed by atoms with Gasteiger partial charge in [-0.3, -0.25) is 0 Å². The van der Waals surface area contributed by atoms with E-state index in [2.05, 4.69) is 36.2 Å². The molecule has 0 amide bonds. The summed E-state index contributed by atoms with van der Waals surface area (Å²) in [6, 6.07) is 0. The summed E-state index contributed by atoms with van der Waals surface area (Å²) < 4.78 is 0. The number of rotatable bonds is 1. The van der Waals surface area contributed by atoms with Crippen molar-refractivity contribution in [3.05, 3.63) is 12.2 Å². The van der Waals surface area contributed by atoms with Crippen molar-refractivity contribution in [1.29, 1.82) is 0 Å². The third-order valence-electron chi connectivity index (χ3n) is 2.27. The van der Waals surface area contributed by atoms with Gasteiger partial charge in [-0.1, -0.05) is 42.7 Å². The Kier molecular flexibility index (Phi) is 4.58. The molecule has 0 aromatic heterocycles. The van der Waals surface area contributed by atoms with Crippen molar-refractivity contribution in [3.63, 3.8) is 0 Å². The molecule has 1 heteroatoms. The minimum absolute atomic E-state index is 0.545. The predicted molar refractivity (Wildman–Crippen MR) is 60.1 cm³/mol. The van der Waals surface area contributed by atoms with E-state index in [1.807, 2.05) is 0 Å². The molecular formula is C12H14S. The second kappa shape index (κ2) is 5.79. The van der Waals surface area contributed by atoms with E-state index in [1.165, 1.54) is 18.2 Å². The molecule has 2 unspecified atom stereocenters. The van der Waals surface area contributed by atoms with Crippen LogP contribution in [0.15, 0.2) is 12.2 Å². The molecule has 0 spiro atoms. The summed E-state index contributed by atoms with van der Waals surface area (Å²) in [6.07, 6.45) is 11.9. The van der Waals surface area contributed by atoms with Crippen LogP contribution in [-0.4, -0.2) is 5.75 Å². The van der Waals surface area contributed by atoms with Crippen LogP contribution in [0.25, 0.3) is 0 Å². The van der Waals surface area contributed by atoms with Crippen molar-refractivity contribution in [1.82, 2.24) is 0 Å².